The van der Waals surface area contributed by atoms with E-state index in [-0.39, 0.29) is 11.8 Å². The lowest BCUT2D eigenvalue weighted by Gasteiger charge is -2.36. The van der Waals surface area contributed by atoms with Crippen molar-refractivity contribution in [3.05, 3.63) is 59.7 Å². The van der Waals surface area contributed by atoms with Crippen molar-refractivity contribution in [3.63, 3.8) is 0 Å². The first-order valence-electron chi connectivity index (χ1n) is 10.5. The van der Waals surface area contributed by atoms with Crippen molar-refractivity contribution in [3.8, 4) is 0 Å². The first kappa shape index (κ1) is 21.0. The molecule has 4 heterocycles. The monoisotopic (exact) mass is 423 g/mol. The lowest BCUT2D eigenvalue weighted by molar-refractivity contribution is -0.132. The number of piperazine rings is 1. The third-order valence-electron chi connectivity index (χ3n) is 5.52. The van der Waals surface area contributed by atoms with Crippen molar-refractivity contribution < 1.29 is 14.0 Å². The number of likely N-dealkylation sites (N-methyl/N-ethyl adjacent to an activating group) is 1. The van der Waals surface area contributed by atoms with Crippen LogP contribution in [0.4, 0.5) is 5.82 Å². The predicted octanol–water partition coefficient (Wildman–Crippen LogP) is 1.98. The van der Waals surface area contributed by atoms with Gasteiger partial charge < -0.3 is 28.8 Å². The van der Waals surface area contributed by atoms with E-state index >= 15 is 0 Å². The zero-order chi connectivity index (χ0) is 22.0. The van der Waals surface area contributed by atoms with E-state index in [0.717, 1.165) is 35.9 Å². The number of carbonyl (C=O) groups is 2. The van der Waals surface area contributed by atoms with Crippen LogP contribution in [0.1, 0.15) is 21.9 Å². The number of pyridine rings is 1. The highest BCUT2D eigenvalue weighted by atomic mass is 16.3. The summed E-state index contributed by atoms with van der Waals surface area (Å²) in [5.74, 6) is 2.61. The Balaban J connectivity index is 1.44. The van der Waals surface area contributed by atoms with Crippen LogP contribution in [0, 0.1) is 6.92 Å². The molecule has 31 heavy (non-hydrogen) atoms. The summed E-state index contributed by atoms with van der Waals surface area (Å²) in [6.07, 6.45) is 1.87. The highest BCUT2D eigenvalue weighted by Crippen LogP contribution is 2.22. The molecule has 1 saturated heterocycles. The molecule has 1 aliphatic rings. The molecule has 0 aromatic carbocycles. The molecule has 0 spiro atoms. The normalized spacial score (nSPS) is 14.5. The molecular weight excluding hydrogens is 394 g/mol. The predicted molar refractivity (Wildman–Crippen MR) is 119 cm³/mol. The Morgan fingerprint density at radius 3 is 2.45 bits per heavy atom. The molecule has 2 amide bonds. The van der Waals surface area contributed by atoms with Gasteiger partial charge in [0.1, 0.15) is 17.3 Å². The summed E-state index contributed by atoms with van der Waals surface area (Å²) in [6.45, 7) is 5.59. The molecule has 0 aliphatic carbocycles. The van der Waals surface area contributed by atoms with Crippen LogP contribution < -0.4 is 10.2 Å². The van der Waals surface area contributed by atoms with Crippen LogP contribution in [0.5, 0.6) is 0 Å². The molecule has 1 N–H and O–H groups in total. The van der Waals surface area contributed by atoms with Gasteiger partial charge in [-0.25, -0.2) is 0 Å². The average molecular weight is 424 g/mol. The lowest BCUT2D eigenvalue weighted by Crippen LogP contribution is -2.51. The van der Waals surface area contributed by atoms with Crippen molar-refractivity contribution in [2.24, 2.45) is 0 Å². The summed E-state index contributed by atoms with van der Waals surface area (Å²) < 4.78 is 7.56. The van der Waals surface area contributed by atoms with E-state index in [1.807, 2.05) is 71.7 Å². The zero-order valence-corrected chi connectivity index (χ0v) is 18.3. The van der Waals surface area contributed by atoms with Gasteiger partial charge in [-0.3, -0.25) is 9.59 Å². The van der Waals surface area contributed by atoms with Crippen molar-refractivity contribution in [2.75, 3.05) is 51.7 Å². The minimum absolute atomic E-state index is 0.144. The second kappa shape index (κ2) is 8.85. The number of fused-ring (bicyclic) bond motifs is 1. The van der Waals surface area contributed by atoms with E-state index in [1.165, 1.54) is 0 Å². The second-order valence-corrected chi connectivity index (χ2v) is 8.20. The van der Waals surface area contributed by atoms with E-state index in [1.54, 1.807) is 0 Å². The third kappa shape index (κ3) is 4.74. The molecule has 4 rings (SSSR count). The van der Waals surface area contributed by atoms with Crippen LogP contribution in [0.25, 0.3) is 5.52 Å². The highest BCUT2D eigenvalue weighted by molar-refractivity contribution is 5.94. The zero-order valence-electron chi connectivity index (χ0n) is 18.3. The minimum Gasteiger partial charge on any atom is -0.465 e. The number of nitrogens with one attached hydrogen (secondary N) is 1. The molecule has 1 aliphatic heterocycles. The Bertz CT molecular complexity index is 1080. The number of furan rings is 1. The Kier molecular flexibility index (Phi) is 5.99. The van der Waals surface area contributed by atoms with Crippen LogP contribution in [0.2, 0.25) is 0 Å². The number of amides is 2. The summed E-state index contributed by atoms with van der Waals surface area (Å²) >= 11 is 0. The van der Waals surface area contributed by atoms with E-state index in [0.29, 0.717) is 31.7 Å². The Hall–Kier alpha value is -3.26. The van der Waals surface area contributed by atoms with Gasteiger partial charge >= 0.3 is 0 Å². The number of hydrogen-bond donors (Lipinski definition) is 1. The number of rotatable bonds is 6. The topological polar surface area (TPSA) is 73.4 Å². The molecule has 0 atom stereocenters. The molecule has 164 valence electrons. The lowest BCUT2D eigenvalue weighted by atomic mass is 10.2. The standard InChI is InChI=1S/C23H29N5O3/c1-17-4-8-20(31-17)14-24-23(30)18-5-6-19-7-9-21(28(19)15-18)26-10-12-27(13-11-26)22(29)16-25(2)3/h4-9,15H,10-14,16H2,1-3H3,(H,24,30). The number of carbonyl (C=O) groups excluding carboxylic acids is 2. The van der Waals surface area contributed by atoms with Gasteiger partial charge in [-0.05, 0) is 57.4 Å². The molecule has 0 unspecified atom stereocenters. The van der Waals surface area contributed by atoms with Gasteiger partial charge in [0.25, 0.3) is 5.91 Å². The molecule has 1 fully saturated rings. The van der Waals surface area contributed by atoms with Crippen LogP contribution in [-0.4, -0.2) is 72.8 Å². The van der Waals surface area contributed by atoms with Gasteiger partial charge in [0, 0.05) is 37.9 Å². The smallest absolute Gasteiger partial charge is 0.253 e. The average Bonchev–Trinajstić information content (AvgIpc) is 3.37. The maximum Gasteiger partial charge on any atom is 0.253 e. The number of anilines is 1. The van der Waals surface area contributed by atoms with Crippen LogP contribution in [-0.2, 0) is 11.3 Å². The molecule has 0 radical (unpaired) electrons. The Morgan fingerprint density at radius 1 is 1.03 bits per heavy atom. The number of aromatic nitrogens is 1. The maximum atomic E-state index is 12.7. The largest absolute Gasteiger partial charge is 0.465 e. The van der Waals surface area contributed by atoms with Crippen molar-refractivity contribution in [1.29, 1.82) is 0 Å². The van der Waals surface area contributed by atoms with Gasteiger partial charge in [-0.1, -0.05) is 0 Å². The molecule has 0 bridgehead atoms. The van der Waals surface area contributed by atoms with E-state index < -0.39 is 0 Å². The summed E-state index contributed by atoms with van der Waals surface area (Å²) in [7, 11) is 3.81. The number of nitrogens with zero attached hydrogens (tertiary/aromatic N) is 4. The fraction of sp³-hybridized carbons (Fsp3) is 0.391. The molecule has 8 heteroatoms. The molecule has 3 aromatic heterocycles. The maximum absolute atomic E-state index is 12.7. The highest BCUT2D eigenvalue weighted by Gasteiger charge is 2.23. The van der Waals surface area contributed by atoms with Crippen molar-refractivity contribution in [2.45, 2.75) is 13.5 Å². The SMILES string of the molecule is Cc1ccc(CNC(=O)c2ccc3ccc(N4CCN(C(=O)CN(C)C)CC4)n3c2)o1. The molecular formula is C23H29N5O3. The Labute approximate surface area is 182 Å². The Morgan fingerprint density at radius 2 is 1.77 bits per heavy atom. The molecule has 3 aromatic rings. The van der Waals surface area contributed by atoms with E-state index in [2.05, 4.69) is 16.3 Å². The first-order chi connectivity index (χ1) is 14.9. The van der Waals surface area contributed by atoms with Gasteiger partial charge in [-0.2, -0.15) is 0 Å². The third-order valence-corrected chi connectivity index (χ3v) is 5.52. The fourth-order valence-electron chi connectivity index (χ4n) is 3.88. The number of aryl methyl sites for hydroxylation is 1. The fourth-order valence-corrected chi connectivity index (χ4v) is 3.88. The first-order valence-corrected chi connectivity index (χ1v) is 10.5. The summed E-state index contributed by atoms with van der Waals surface area (Å²) in [5.41, 5.74) is 1.62. The number of hydrogen-bond acceptors (Lipinski definition) is 5. The van der Waals surface area contributed by atoms with Crippen molar-refractivity contribution in [1.82, 2.24) is 19.5 Å². The van der Waals surface area contributed by atoms with Gasteiger partial charge in [0.2, 0.25) is 5.91 Å². The van der Waals surface area contributed by atoms with E-state index in [9.17, 15) is 9.59 Å². The molecule has 0 saturated carbocycles. The van der Waals surface area contributed by atoms with Gasteiger partial charge in [0.15, 0.2) is 0 Å². The second-order valence-electron chi connectivity index (χ2n) is 8.20. The van der Waals surface area contributed by atoms with Crippen LogP contribution in [0.3, 0.4) is 0 Å². The van der Waals surface area contributed by atoms with E-state index in [4.69, 9.17) is 4.42 Å². The van der Waals surface area contributed by atoms with Crippen LogP contribution in [0.15, 0.2) is 47.0 Å². The minimum atomic E-state index is -0.144. The summed E-state index contributed by atoms with van der Waals surface area (Å²) in [4.78, 5) is 31.0. The quantitative estimate of drug-likeness (QED) is 0.656. The summed E-state index contributed by atoms with van der Waals surface area (Å²) in [6, 6.07) is 11.7. The summed E-state index contributed by atoms with van der Waals surface area (Å²) in [5, 5.41) is 2.91. The van der Waals surface area contributed by atoms with Gasteiger partial charge in [0.05, 0.1) is 18.7 Å². The molecule has 8 nitrogen and oxygen atoms in total. The van der Waals surface area contributed by atoms with Crippen LogP contribution >= 0.6 is 0 Å². The van der Waals surface area contributed by atoms with Crippen molar-refractivity contribution >= 4 is 23.1 Å². The van der Waals surface area contributed by atoms with Gasteiger partial charge in [-0.15, -0.1) is 0 Å².